The fourth-order valence-corrected chi connectivity index (χ4v) is 2.27. The minimum Gasteiger partial charge on any atom is -0.383 e. The predicted molar refractivity (Wildman–Crippen MR) is 67.3 cm³/mol. The van der Waals surface area contributed by atoms with Gasteiger partial charge in [-0.2, -0.15) is 0 Å². The molecule has 1 aliphatic heterocycles. The zero-order valence-electron chi connectivity index (χ0n) is 8.98. The van der Waals surface area contributed by atoms with E-state index < -0.39 is 0 Å². The van der Waals surface area contributed by atoms with Gasteiger partial charge in [-0.3, -0.25) is 0 Å². The van der Waals surface area contributed by atoms with Crippen molar-refractivity contribution in [1.29, 1.82) is 0 Å². The second-order valence-corrected chi connectivity index (χ2v) is 4.12. The highest BCUT2D eigenvalue weighted by Crippen LogP contribution is 2.35. The van der Waals surface area contributed by atoms with Gasteiger partial charge in [0.15, 0.2) is 0 Å². The van der Waals surface area contributed by atoms with E-state index in [4.69, 9.17) is 5.73 Å². The van der Waals surface area contributed by atoms with Crippen molar-refractivity contribution in [3.05, 3.63) is 54.1 Å². The molecule has 0 fully saturated rings. The molecule has 2 nitrogen and oxygen atoms in total. The van der Waals surface area contributed by atoms with Crippen LogP contribution in [0.4, 0.5) is 5.69 Å². The summed E-state index contributed by atoms with van der Waals surface area (Å²) >= 11 is 0. The van der Waals surface area contributed by atoms with Crippen LogP contribution in [-0.4, -0.2) is 6.54 Å². The number of para-hydroxylation sites is 1. The second kappa shape index (κ2) is 3.65. The monoisotopic (exact) mass is 210 g/mol. The Morgan fingerprint density at radius 2 is 1.62 bits per heavy atom. The number of benzene rings is 2. The molecule has 0 spiro atoms. The lowest BCUT2D eigenvalue weighted by atomic mass is 9.96. The molecule has 3 N–H and O–H groups in total. The lowest BCUT2D eigenvalue weighted by Gasteiger charge is -2.11. The minimum absolute atomic E-state index is 0.0589. The molecule has 0 amide bonds. The predicted octanol–water partition coefficient (Wildman–Crippen LogP) is 2.78. The third kappa shape index (κ3) is 1.39. The first kappa shape index (κ1) is 9.43. The summed E-state index contributed by atoms with van der Waals surface area (Å²) in [7, 11) is 0. The van der Waals surface area contributed by atoms with Gasteiger partial charge in [-0.15, -0.1) is 0 Å². The molecule has 1 heterocycles. The van der Waals surface area contributed by atoms with Crippen molar-refractivity contribution < 1.29 is 0 Å². The molecule has 1 aliphatic rings. The van der Waals surface area contributed by atoms with E-state index in [1.807, 2.05) is 12.1 Å². The van der Waals surface area contributed by atoms with E-state index in [1.54, 1.807) is 0 Å². The van der Waals surface area contributed by atoms with Crippen LogP contribution in [0, 0.1) is 0 Å². The molecular formula is C14H14N2. The van der Waals surface area contributed by atoms with E-state index in [0.29, 0.717) is 0 Å². The number of fused-ring (bicyclic) bond motifs is 3. The Morgan fingerprint density at radius 1 is 0.938 bits per heavy atom. The summed E-state index contributed by atoms with van der Waals surface area (Å²) in [5, 5.41) is 3.40. The highest BCUT2D eigenvalue weighted by atomic mass is 14.9. The maximum Gasteiger partial charge on any atom is 0.0476 e. The Balaban J connectivity index is 2.28. The molecule has 16 heavy (non-hydrogen) atoms. The number of hydrogen-bond acceptors (Lipinski definition) is 2. The molecule has 0 saturated carbocycles. The van der Waals surface area contributed by atoms with Crippen LogP contribution >= 0.6 is 0 Å². The molecule has 2 aromatic carbocycles. The van der Waals surface area contributed by atoms with Crippen LogP contribution in [0.25, 0.3) is 11.1 Å². The summed E-state index contributed by atoms with van der Waals surface area (Å²) in [6.45, 7) is 0.786. The van der Waals surface area contributed by atoms with Crippen LogP contribution < -0.4 is 11.1 Å². The first-order chi connectivity index (χ1) is 7.86. The van der Waals surface area contributed by atoms with Crippen LogP contribution in [0.2, 0.25) is 0 Å². The summed E-state index contributed by atoms with van der Waals surface area (Å²) < 4.78 is 0. The van der Waals surface area contributed by atoms with E-state index in [2.05, 4.69) is 41.7 Å². The third-order valence-corrected chi connectivity index (χ3v) is 3.09. The number of rotatable bonds is 0. The van der Waals surface area contributed by atoms with Crippen molar-refractivity contribution in [2.45, 2.75) is 6.04 Å². The van der Waals surface area contributed by atoms with Crippen LogP contribution in [0.1, 0.15) is 11.6 Å². The van der Waals surface area contributed by atoms with E-state index in [-0.39, 0.29) is 6.04 Å². The average Bonchev–Trinajstić information content (AvgIpc) is 2.49. The molecule has 3 rings (SSSR count). The summed E-state index contributed by atoms with van der Waals surface area (Å²) in [6, 6.07) is 16.8. The molecule has 2 heteroatoms. The van der Waals surface area contributed by atoms with Gasteiger partial charge in [0.2, 0.25) is 0 Å². The van der Waals surface area contributed by atoms with E-state index >= 15 is 0 Å². The molecule has 1 atom stereocenters. The number of hydrogen-bond donors (Lipinski definition) is 2. The van der Waals surface area contributed by atoms with Gasteiger partial charge in [0.05, 0.1) is 0 Å². The van der Waals surface area contributed by atoms with Crippen LogP contribution in [-0.2, 0) is 0 Å². The Kier molecular flexibility index (Phi) is 2.15. The normalized spacial score (nSPS) is 17.9. The number of anilines is 1. The Bertz CT molecular complexity index is 520. The Labute approximate surface area is 95.1 Å². The SMILES string of the molecule is NC1CNc2ccccc2-c2ccccc21. The van der Waals surface area contributed by atoms with E-state index in [9.17, 15) is 0 Å². The van der Waals surface area contributed by atoms with Crippen molar-refractivity contribution in [3.8, 4) is 11.1 Å². The van der Waals surface area contributed by atoms with Gasteiger partial charge in [-0.25, -0.2) is 0 Å². The van der Waals surface area contributed by atoms with Gasteiger partial charge >= 0.3 is 0 Å². The topological polar surface area (TPSA) is 38.0 Å². The summed E-state index contributed by atoms with van der Waals surface area (Å²) in [5.41, 5.74) is 11.0. The Hall–Kier alpha value is -1.80. The molecule has 0 aliphatic carbocycles. The van der Waals surface area contributed by atoms with Crippen molar-refractivity contribution >= 4 is 5.69 Å². The second-order valence-electron chi connectivity index (χ2n) is 4.12. The van der Waals surface area contributed by atoms with Gasteiger partial charge in [-0.05, 0) is 17.2 Å². The molecule has 0 saturated heterocycles. The summed E-state index contributed by atoms with van der Waals surface area (Å²) in [4.78, 5) is 0. The van der Waals surface area contributed by atoms with Crippen molar-refractivity contribution in [3.63, 3.8) is 0 Å². The van der Waals surface area contributed by atoms with Crippen molar-refractivity contribution in [2.75, 3.05) is 11.9 Å². The van der Waals surface area contributed by atoms with Gasteiger partial charge in [0.25, 0.3) is 0 Å². The zero-order chi connectivity index (χ0) is 11.0. The molecule has 0 radical (unpaired) electrons. The fraction of sp³-hybridized carbons (Fsp3) is 0.143. The van der Waals surface area contributed by atoms with Gasteiger partial charge in [-0.1, -0.05) is 42.5 Å². The van der Waals surface area contributed by atoms with Gasteiger partial charge in [0, 0.05) is 23.8 Å². The lowest BCUT2D eigenvalue weighted by Crippen LogP contribution is -2.19. The summed E-state index contributed by atoms with van der Waals surface area (Å²) in [6.07, 6.45) is 0. The van der Waals surface area contributed by atoms with E-state index in [1.165, 1.54) is 22.4 Å². The molecule has 2 aromatic rings. The first-order valence-electron chi connectivity index (χ1n) is 5.54. The van der Waals surface area contributed by atoms with Crippen molar-refractivity contribution in [1.82, 2.24) is 0 Å². The first-order valence-corrected chi connectivity index (χ1v) is 5.54. The standard InChI is InChI=1S/C14H14N2/c15-13-9-16-14-8-4-3-7-12(14)10-5-1-2-6-11(10)13/h1-8,13,16H,9,15H2. The smallest absolute Gasteiger partial charge is 0.0476 e. The fourth-order valence-electron chi connectivity index (χ4n) is 2.27. The number of nitrogens with one attached hydrogen (secondary N) is 1. The van der Waals surface area contributed by atoms with E-state index in [0.717, 1.165) is 6.54 Å². The number of nitrogens with two attached hydrogens (primary N) is 1. The van der Waals surface area contributed by atoms with Crippen LogP contribution in [0.15, 0.2) is 48.5 Å². The highest BCUT2D eigenvalue weighted by Gasteiger charge is 2.17. The molecule has 1 unspecified atom stereocenters. The maximum absolute atomic E-state index is 6.16. The van der Waals surface area contributed by atoms with Crippen molar-refractivity contribution in [2.24, 2.45) is 5.73 Å². The summed E-state index contributed by atoms with van der Waals surface area (Å²) in [5.74, 6) is 0. The average molecular weight is 210 g/mol. The minimum atomic E-state index is 0.0589. The van der Waals surface area contributed by atoms with Crippen LogP contribution in [0.5, 0.6) is 0 Å². The zero-order valence-corrected chi connectivity index (χ0v) is 8.98. The molecule has 80 valence electrons. The Morgan fingerprint density at radius 3 is 2.50 bits per heavy atom. The molecule has 0 aromatic heterocycles. The van der Waals surface area contributed by atoms with Crippen LogP contribution in [0.3, 0.4) is 0 Å². The van der Waals surface area contributed by atoms with Gasteiger partial charge < -0.3 is 11.1 Å². The highest BCUT2D eigenvalue weighted by molar-refractivity contribution is 5.81. The van der Waals surface area contributed by atoms with Gasteiger partial charge in [0.1, 0.15) is 0 Å². The lowest BCUT2D eigenvalue weighted by molar-refractivity contribution is 0.772. The quantitative estimate of drug-likeness (QED) is 0.701. The largest absolute Gasteiger partial charge is 0.383 e. The molecular weight excluding hydrogens is 196 g/mol. The molecule has 0 bridgehead atoms. The third-order valence-electron chi connectivity index (χ3n) is 3.09. The maximum atomic E-state index is 6.16.